The summed E-state index contributed by atoms with van der Waals surface area (Å²) < 4.78 is 0. The van der Waals surface area contributed by atoms with E-state index in [1.54, 1.807) is 36.5 Å². The summed E-state index contributed by atoms with van der Waals surface area (Å²) in [6.45, 7) is 3.94. The van der Waals surface area contributed by atoms with Gasteiger partial charge in [0.15, 0.2) is 0 Å². The molecule has 0 spiro atoms. The lowest BCUT2D eigenvalue weighted by atomic mass is 9.98. The number of aliphatic carboxylic acids is 1. The van der Waals surface area contributed by atoms with Gasteiger partial charge in [-0.3, -0.25) is 28.8 Å². The van der Waals surface area contributed by atoms with Gasteiger partial charge >= 0.3 is 5.97 Å². The van der Waals surface area contributed by atoms with Crippen LogP contribution in [0.1, 0.15) is 67.3 Å². The quantitative estimate of drug-likeness (QED) is 0.0301. The zero-order valence-corrected chi connectivity index (χ0v) is 44.6. The molecular formula is C59H71N9O12. The summed E-state index contributed by atoms with van der Waals surface area (Å²) in [5, 5.41) is 67.2. The Kier molecular flexibility index (Phi) is 22.0. The highest BCUT2D eigenvalue weighted by atomic mass is 16.4. The van der Waals surface area contributed by atoms with Crippen LogP contribution in [0.2, 0.25) is 0 Å². The number of nitrogens with two attached hydrogens (primary N) is 2. The first-order valence-electron chi connectivity index (χ1n) is 26.4. The van der Waals surface area contributed by atoms with Crippen LogP contribution in [0.5, 0.6) is 23.0 Å². The third kappa shape index (κ3) is 18.3. The van der Waals surface area contributed by atoms with E-state index in [4.69, 9.17) is 11.5 Å². The largest absolute Gasteiger partial charge is 0.508 e. The lowest BCUT2D eigenvalue weighted by Crippen LogP contribution is -2.61. The maximum atomic E-state index is 14.9. The highest BCUT2D eigenvalue weighted by Gasteiger charge is 2.35. The zero-order valence-electron chi connectivity index (χ0n) is 44.6. The van der Waals surface area contributed by atoms with Gasteiger partial charge < -0.3 is 73.9 Å². The predicted octanol–water partition coefficient (Wildman–Crippen LogP) is 3.00. The number of unbranched alkanes of at least 4 members (excludes halogenated alkanes) is 1. The Labute approximate surface area is 462 Å². The van der Waals surface area contributed by atoms with Crippen LogP contribution in [0, 0.1) is 5.92 Å². The third-order valence-corrected chi connectivity index (χ3v) is 13.4. The number of carboxylic acids is 1. The van der Waals surface area contributed by atoms with Crippen LogP contribution in [0.4, 0.5) is 0 Å². The second kappa shape index (κ2) is 29.1. The van der Waals surface area contributed by atoms with E-state index < -0.39 is 83.7 Å². The monoisotopic (exact) mass is 1100 g/mol. The van der Waals surface area contributed by atoms with Crippen molar-refractivity contribution < 1.29 is 59.1 Å². The van der Waals surface area contributed by atoms with E-state index in [9.17, 15) is 59.1 Å². The van der Waals surface area contributed by atoms with Gasteiger partial charge in [0.2, 0.25) is 35.4 Å². The number of H-pyrrole nitrogens is 1. The van der Waals surface area contributed by atoms with E-state index in [2.05, 4.69) is 36.9 Å². The fourth-order valence-corrected chi connectivity index (χ4v) is 9.03. The van der Waals surface area contributed by atoms with Crippen molar-refractivity contribution in [3.63, 3.8) is 0 Å². The minimum atomic E-state index is -1.47. The van der Waals surface area contributed by atoms with Crippen LogP contribution in [0.3, 0.4) is 0 Å². The molecule has 16 N–H and O–H groups in total. The number of fused-ring (bicyclic) bond motifs is 1. The van der Waals surface area contributed by atoms with Gasteiger partial charge in [-0.25, -0.2) is 4.79 Å². The first-order valence-corrected chi connectivity index (χ1v) is 26.4. The van der Waals surface area contributed by atoms with Crippen LogP contribution >= 0.6 is 0 Å². The number of aromatic amines is 1. The Bertz CT molecular complexity index is 3040. The van der Waals surface area contributed by atoms with E-state index in [0.29, 0.717) is 47.2 Å². The molecule has 0 fully saturated rings. The molecule has 0 radical (unpaired) electrons. The van der Waals surface area contributed by atoms with Crippen LogP contribution in [0.25, 0.3) is 10.9 Å². The minimum absolute atomic E-state index is 0.0248. The first kappa shape index (κ1) is 60.3. The lowest BCUT2D eigenvalue weighted by molar-refractivity contribution is -0.142. The summed E-state index contributed by atoms with van der Waals surface area (Å²) in [4.78, 5) is 102. The SMILES string of the molecule is CC(C)C[C@H](NC(=O)[C@H](Cc1ccc(O)cc1)NC(=O)[C@@H](N)Cc1ccc(O)cc1)C(=O)N[C@@H](Cc1ccc(O)cc1)C(=O)N[C@@H](Cc1ccc(O)cc1)C(=O)N[C@@H](Cc1c[nH]c2ccccc12)C(=O)N[C@@H](CCCCN)C(=O)O. The summed E-state index contributed by atoms with van der Waals surface area (Å²) >= 11 is 0. The fraction of sp³-hybridized carbons (Fsp3) is 0.339. The van der Waals surface area contributed by atoms with Crippen molar-refractivity contribution >= 4 is 52.3 Å². The molecule has 6 aromatic rings. The van der Waals surface area contributed by atoms with Gasteiger partial charge in [-0.15, -0.1) is 0 Å². The normalized spacial score (nSPS) is 13.9. The predicted molar refractivity (Wildman–Crippen MR) is 299 cm³/mol. The molecule has 0 aliphatic rings. The van der Waals surface area contributed by atoms with Crippen molar-refractivity contribution in [3.05, 3.63) is 155 Å². The van der Waals surface area contributed by atoms with Gasteiger partial charge in [0.05, 0.1) is 6.04 Å². The van der Waals surface area contributed by atoms with Gasteiger partial charge in [-0.1, -0.05) is 80.6 Å². The van der Waals surface area contributed by atoms with Crippen LogP contribution in [-0.4, -0.2) is 121 Å². The number of phenols is 4. The molecule has 0 aliphatic heterocycles. The van der Waals surface area contributed by atoms with Gasteiger partial charge in [0, 0.05) is 42.8 Å². The number of aromatic hydroxyl groups is 4. The number of carbonyl (C=O) groups is 7. The topological polar surface area (TPSA) is 361 Å². The molecule has 0 bridgehead atoms. The zero-order chi connectivity index (χ0) is 57.9. The molecule has 80 heavy (non-hydrogen) atoms. The van der Waals surface area contributed by atoms with E-state index in [-0.39, 0.29) is 73.9 Å². The number of rotatable bonds is 29. The summed E-state index contributed by atoms with van der Waals surface area (Å²) in [6.07, 6.45) is 2.18. The van der Waals surface area contributed by atoms with Crippen molar-refractivity contribution in [2.24, 2.45) is 17.4 Å². The molecule has 21 nitrogen and oxygen atoms in total. The number of amides is 6. The Hall–Kier alpha value is -8.95. The molecule has 7 atom stereocenters. The minimum Gasteiger partial charge on any atom is -0.508 e. The van der Waals surface area contributed by atoms with Gasteiger partial charge in [0.1, 0.15) is 59.2 Å². The number of carboxylic acid groups (broad SMARTS) is 1. The highest BCUT2D eigenvalue weighted by Crippen LogP contribution is 2.21. The van der Waals surface area contributed by atoms with E-state index in [1.807, 2.05) is 32.0 Å². The van der Waals surface area contributed by atoms with Crippen LogP contribution < -0.4 is 43.4 Å². The summed E-state index contributed by atoms with van der Waals surface area (Å²) in [5.41, 5.74) is 15.5. The first-order chi connectivity index (χ1) is 38.2. The number of nitrogens with one attached hydrogen (secondary N) is 7. The Balaban J connectivity index is 1.29. The van der Waals surface area contributed by atoms with Crippen molar-refractivity contribution in [1.82, 2.24) is 36.9 Å². The molecule has 0 aliphatic carbocycles. The molecule has 1 aromatic heterocycles. The molecule has 6 rings (SSSR count). The number of phenolic OH excluding ortho intramolecular Hbond substituents is 4. The third-order valence-electron chi connectivity index (χ3n) is 13.4. The molecule has 6 amide bonds. The fourth-order valence-electron chi connectivity index (χ4n) is 9.03. The second-order valence-corrected chi connectivity index (χ2v) is 20.3. The van der Waals surface area contributed by atoms with Crippen molar-refractivity contribution in [1.29, 1.82) is 0 Å². The number of para-hydroxylation sites is 1. The summed E-state index contributed by atoms with van der Waals surface area (Å²) in [5.74, 6) is -6.46. The van der Waals surface area contributed by atoms with Crippen molar-refractivity contribution in [3.8, 4) is 23.0 Å². The number of hydrogen-bond donors (Lipinski definition) is 14. The maximum Gasteiger partial charge on any atom is 0.326 e. The number of hydrogen-bond acceptors (Lipinski definition) is 13. The number of benzene rings is 5. The van der Waals surface area contributed by atoms with E-state index >= 15 is 0 Å². The van der Waals surface area contributed by atoms with Crippen LogP contribution in [-0.2, 0) is 65.7 Å². The van der Waals surface area contributed by atoms with Crippen LogP contribution in [0.15, 0.2) is 128 Å². The maximum absolute atomic E-state index is 14.9. The summed E-state index contributed by atoms with van der Waals surface area (Å²) in [6, 6.07) is 21.7. The van der Waals surface area contributed by atoms with Crippen molar-refractivity contribution in [2.75, 3.05) is 6.54 Å². The standard InChI is InChI=1S/C59H71N9O12/c1-34(2)27-48(65-55(75)49(29-36-12-20-41(70)21-13-36)64-53(73)45(61)28-35-10-18-40(69)19-11-35)54(74)66-50(30-37-14-22-42(71)23-15-37)56(76)67-51(31-38-16-24-43(72)25-17-38)57(77)68-52(32-39-33-62-46-8-4-3-7-44(39)46)58(78)63-47(59(79)80)9-5-6-26-60/h3-4,7-8,10-25,33-34,45,47-52,62,69-72H,5-6,9,26-32,60-61H2,1-2H3,(H,63,78)(H,64,73)(H,65,75)(H,66,74)(H,67,76)(H,68,77)(H,79,80)/t45-,47-,48-,49-,50-,51-,52-/m0/s1. The Morgan fingerprint density at radius 1 is 0.463 bits per heavy atom. The lowest BCUT2D eigenvalue weighted by Gasteiger charge is -2.28. The van der Waals surface area contributed by atoms with Gasteiger partial charge in [-0.05, 0) is 127 Å². The highest BCUT2D eigenvalue weighted by molar-refractivity contribution is 5.98. The average Bonchev–Trinajstić information content (AvgIpc) is 3.84. The molecule has 0 saturated carbocycles. The second-order valence-electron chi connectivity index (χ2n) is 20.3. The molecule has 0 saturated heterocycles. The van der Waals surface area contributed by atoms with Gasteiger partial charge in [0.25, 0.3) is 0 Å². The average molecular weight is 1100 g/mol. The number of aromatic nitrogens is 1. The molecule has 5 aromatic carbocycles. The Morgan fingerprint density at radius 2 is 0.825 bits per heavy atom. The molecule has 21 heteroatoms. The van der Waals surface area contributed by atoms with E-state index in [0.717, 1.165) is 10.9 Å². The van der Waals surface area contributed by atoms with E-state index in [1.165, 1.54) is 72.8 Å². The van der Waals surface area contributed by atoms with Crippen molar-refractivity contribution in [2.45, 2.75) is 114 Å². The molecule has 1 heterocycles. The Morgan fingerprint density at radius 3 is 1.24 bits per heavy atom. The smallest absolute Gasteiger partial charge is 0.326 e. The molecular weight excluding hydrogens is 1030 g/mol. The van der Waals surface area contributed by atoms with Gasteiger partial charge in [-0.2, -0.15) is 0 Å². The molecule has 424 valence electrons. The summed E-state index contributed by atoms with van der Waals surface area (Å²) in [7, 11) is 0. The molecule has 0 unspecified atom stereocenters. The number of carbonyl (C=O) groups excluding carboxylic acids is 6.